The third kappa shape index (κ3) is 15.2. The fraction of sp³-hybridized carbons (Fsp3) is 0.846. The molecule has 0 saturated carbocycles. The van der Waals surface area contributed by atoms with E-state index in [1.807, 2.05) is 6.92 Å². The van der Waals surface area contributed by atoms with Gasteiger partial charge in [0.1, 0.15) is 0 Å². The first-order chi connectivity index (χ1) is 9.66. The van der Waals surface area contributed by atoms with Crippen molar-refractivity contribution >= 4 is 0 Å². The zero-order chi connectivity index (χ0) is 15.1. The summed E-state index contributed by atoms with van der Waals surface area (Å²) in [6.07, 6.45) is 2.32. The molecule has 4 N–H and O–H groups in total. The normalized spacial score (nSPS) is 11.8. The fourth-order valence-electron chi connectivity index (χ4n) is 1.32. The summed E-state index contributed by atoms with van der Waals surface area (Å²) in [5.41, 5.74) is 6.40. The predicted octanol–water partition coefficient (Wildman–Crippen LogP) is 0.0684. The molecular formula is C13H29N3O4. The number of hydrazine groups is 1. The highest BCUT2D eigenvalue weighted by Crippen LogP contribution is 1.93. The van der Waals surface area contributed by atoms with E-state index in [4.69, 9.17) is 30.5 Å². The van der Waals surface area contributed by atoms with Gasteiger partial charge in [-0.25, -0.2) is 5.84 Å². The molecule has 0 atom stereocenters. The van der Waals surface area contributed by atoms with Crippen LogP contribution in [0.5, 0.6) is 0 Å². The maximum atomic E-state index is 5.71. The van der Waals surface area contributed by atoms with Crippen molar-refractivity contribution in [2.24, 2.45) is 11.6 Å². The number of hydrogen-bond acceptors (Lipinski definition) is 7. The van der Waals surface area contributed by atoms with Gasteiger partial charge in [-0.05, 0) is 6.92 Å². The summed E-state index contributed by atoms with van der Waals surface area (Å²) >= 11 is 0. The quantitative estimate of drug-likeness (QED) is 0.266. The Labute approximate surface area is 121 Å². The van der Waals surface area contributed by atoms with Crippen LogP contribution >= 0.6 is 0 Å². The maximum absolute atomic E-state index is 5.71. The van der Waals surface area contributed by atoms with E-state index in [1.54, 1.807) is 13.2 Å². The first-order valence-electron chi connectivity index (χ1n) is 6.91. The lowest BCUT2D eigenvalue weighted by Crippen LogP contribution is -2.21. The first kappa shape index (κ1) is 19.1. The lowest BCUT2D eigenvalue weighted by Gasteiger charge is -2.09. The topological polar surface area (TPSA) is 92.2 Å². The second kappa shape index (κ2) is 14.5. The van der Waals surface area contributed by atoms with Gasteiger partial charge < -0.3 is 29.7 Å². The van der Waals surface area contributed by atoms with Crippen molar-refractivity contribution in [3.8, 4) is 0 Å². The van der Waals surface area contributed by atoms with Gasteiger partial charge in [-0.1, -0.05) is 0 Å². The van der Waals surface area contributed by atoms with E-state index in [0.717, 1.165) is 6.61 Å². The van der Waals surface area contributed by atoms with E-state index >= 15 is 0 Å². The monoisotopic (exact) mass is 291 g/mol. The van der Waals surface area contributed by atoms with Crippen LogP contribution in [0.25, 0.3) is 0 Å². The number of nitrogens with two attached hydrogens (primary N) is 2. The lowest BCUT2D eigenvalue weighted by molar-refractivity contribution is -0.000173. The molecule has 120 valence electrons. The molecule has 0 aromatic heterocycles. The molecule has 0 aromatic carbocycles. The summed E-state index contributed by atoms with van der Waals surface area (Å²) in [5.74, 6) is 5.43. The molecule has 0 radical (unpaired) electrons. The average molecular weight is 291 g/mol. The van der Waals surface area contributed by atoms with Gasteiger partial charge in [-0.3, -0.25) is 0 Å². The summed E-state index contributed by atoms with van der Waals surface area (Å²) in [5, 5.41) is 1.42. The first-order valence-corrected chi connectivity index (χ1v) is 6.91. The molecule has 0 fully saturated rings. The van der Waals surface area contributed by atoms with Gasteiger partial charge in [0, 0.05) is 32.0 Å². The van der Waals surface area contributed by atoms with Gasteiger partial charge >= 0.3 is 0 Å². The standard InChI is InChI=1S/C13H29N3O4/c1-3-17-6-7-19-10-11-20-9-8-18-5-4-13(14)12-16(2)15/h12H,3-11,14-15H2,1-2H3/b13-12-. The molecule has 0 saturated heterocycles. The molecule has 7 nitrogen and oxygen atoms in total. The highest BCUT2D eigenvalue weighted by Gasteiger charge is 1.94. The SMILES string of the molecule is CCOCCOCCOCCOCC/C(N)=C/N(C)N. The molecule has 0 aliphatic heterocycles. The van der Waals surface area contributed by atoms with Crippen LogP contribution in [0.4, 0.5) is 0 Å². The van der Waals surface area contributed by atoms with Crippen molar-refractivity contribution in [2.75, 3.05) is 59.9 Å². The van der Waals surface area contributed by atoms with E-state index in [-0.39, 0.29) is 0 Å². The molecule has 0 aliphatic carbocycles. The Hall–Kier alpha value is -0.860. The van der Waals surface area contributed by atoms with Crippen LogP contribution < -0.4 is 11.6 Å². The Morgan fingerprint density at radius 2 is 1.35 bits per heavy atom. The van der Waals surface area contributed by atoms with Crippen LogP contribution in [-0.2, 0) is 18.9 Å². The zero-order valence-corrected chi connectivity index (χ0v) is 12.7. The van der Waals surface area contributed by atoms with Crippen LogP contribution in [0.2, 0.25) is 0 Å². The van der Waals surface area contributed by atoms with Gasteiger partial charge in [-0.15, -0.1) is 0 Å². The molecule has 20 heavy (non-hydrogen) atoms. The van der Waals surface area contributed by atoms with Crippen molar-refractivity contribution in [1.82, 2.24) is 5.01 Å². The molecule has 0 heterocycles. The van der Waals surface area contributed by atoms with Crippen LogP contribution in [-0.4, -0.2) is 64.9 Å². The van der Waals surface area contributed by atoms with Crippen molar-refractivity contribution in [3.05, 3.63) is 11.9 Å². The van der Waals surface area contributed by atoms with E-state index < -0.39 is 0 Å². The number of ether oxygens (including phenoxy) is 4. The minimum Gasteiger partial charge on any atom is -0.401 e. The fourth-order valence-corrected chi connectivity index (χ4v) is 1.32. The summed E-state index contributed by atoms with van der Waals surface area (Å²) in [6.45, 7) is 6.71. The Morgan fingerprint density at radius 3 is 1.80 bits per heavy atom. The second-order valence-electron chi connectivity index (χ2n) is 4.15. The van der Waals surface area contributed by atoms with Gasteiger partial charge in [0.2, 0.25) is 0 Å². The van der Waals surface area contributed by atoms with E-state index in [0.29, 0.717) is 58.4 Å². The molecule has 0 aromatic rings. The summed E-state index contributed by atoms with van der Waals surface area (Å²) in [4.78, 5) is 0. The highest BCUT2D eigenvalue weighted by molar-refractivity contribution is 4.93. The van der Waals surface area contributed by atoms with Crippen molar-refractivity contribution < 1.29 is 18.9 Å². The minimum absolute atomic E-state index is 0.546. The molecule has 0 rings (SSSR count). The molecule has 7 heteroatoms. The Kier molecular flexibility index (Phi) is 13.9. The largest absolute Gasteiger partial charge is 0.401 e. The van der Waals surface area contributed by atoms with Crippen LogP contribution in [0, 0.1) is 0 Å². The Balaban J connectivity index is 3.13. The third-order valence-corrected chi connectivity index (χ3v) is 2.22. The van der Waals surface area contributed by atoms with Crippen molar-refractivity contribution in [2.45, 2.75) is 13.3 Å². The molecule has 0 bridgehead atoms. The van der Waals surface area contributed by atoms with Crippen LogP contribution in [0.15, 0.2) is 11.9 Å². The van der Waals surface area contributed by atoms with Crippen LogP contribution in [0.1, 0.15) is 13.3 Å². The number of hydrogen-bond donors (Lipinski definition) is 2. The van der Waals surface area contributed by atoms with Crippen molar-refractivity contribution in [3.63, 3.8) is 0 Å². The summed E-state index contributed by atoms with van der Waals surface area (Å²) in [6, 6.07) is 0. The molecule has 0 aliphatic rings. The Bertz CT molecular complexity index is 238. The van der Waals surface area contributed by atoms with Gasteiger partial charge in [0.05, 0.1) is 46.2 Å². The molecule has 0 spiro atoms. The highest BCUT2D eigenvalue weighted by atomic mass is 16.6. The summed E-state index contributed by atoms with van der Waals surface area (Å²) in [7, 11) is 1.72. The van der Waals surface area contributed by atoms with E-state index in [1.165, 1.54) is 5.01 Å². The second-order valence-corrected chi connectivity index (χ2v) is 4.15. The average Bonchev–Trinajstić information content (AvgIpc) is 2.39. The molecule has 0 amide bonds. The lowest BCUT2D eigenvalue weighted by atomic mass is 10.3. The van der Waals surface area contributed by atoms with E-state index in [2.05, 4.69) is 0 Å². The Morgan fingerprint density at radius 1 is 0.900 bits per heavy atom. The van der Waals surface area contributed by atoms with Gasteiger partial charge in [-0.2, -0.15) is 0 Å². The zero-order valence-electron chi connectivity index (χ0n) is 12.7. The summed E-state index contributed by atoms with van der Waals surface area (Å²) < 4.78 is 21.2. The smallest absolute Gasteiger partial charge is 0.0701 e. The van der Waals surface area contributed by atoms with Gasteiger partial charge in [0.25, 0.3) is 0 Å². The van der Waals surface area contributed by atoms with E-state index in [9.17, 15) is 0 Å². The molecule has 0 unspecified atom stereocenters. The minimum atomic E-state index is 0.546. The van der Waals surface area contributed by atoms with Crippen molar-refractivity contribution in [1.29, 1.82) is 0 Å². The number of rotatable bonds is 14. The van der Waals surface area contributed by atoms with Gasteiger partial charge in [0.15, 0.2) is 0 Å². The third-order valence-electron chi connectivity index (χ3n) is 2.22. The molecular weight excluding hydrogens is 262 g/mol. The predicted molar refractivity (Wildman–Crippen MR) is 77.8 cm³/mol. The number of nitrogens with zero attached hydrogens (tertiary/aromatic N) is 1. The van der Waals surface area contributed by atoms with Crippen LogP contribution in [0.3, 0.4) is 0 Å². The maximum Gasteiger partial charge on any atom is 0.0701 e.